The average Bonchev–Trinajstić information content (AvgIpc) is 2.89. The van der Waals surface area contributed by atoms with Crippen molar-refractivity contribution in [2.45, 2.75) is 13.8 Å². The van der Waals surface area contributed by atoms with E-state index < -0.39 is 0 Å². The maximum Gasteiger partial charge on any atom is 0.265 e. The van der Waals surface area contributed by atoms with Gasteiger partial charge in [-0.25, -0.2) is 0 Å². The van der Waals surface area contributed by atoms with E-state index in [0.29, 0.717) is 22.4 Å². The molecule has 0 aromatic heterocycles. The molecule has 6 heteroatoms. The number of likely N-dealkylation sites (N-methyl/N-ethyl adjacent to an activating group) is 1. The summed E-state index contributed by atoms with van der Waals surface area (Å²) in [7, 11) is 1.69. The molecule has 140 valence electrons. The number of aryl methyl sites for hydroxylation is 2. The Bertz CT molecular complexity index is 908. The third kappa shape index (κ3) is 4.90. The van der Waals surface area contributed by atoms with E-state index >= 15 is 0 Å². The Morgan fingerprint density at radius 1 is 1.04 bits per heavy atom. The summed E-state index contributed by atoms with van der Waals surface area (Å²) in [6.45, 7) is 5.04. The van der Waals surface area contributed by atoms with Crippen LogP contribution < -0.4 is 9.47 Å². The third-order valence-electron chi connectivity index (χ3n) is 4.24. The highest BCUT2D eigenvalue weighted by atomic mass is 32.2. The Labute approximate surface area is 169 Å². The Morgan fingerprint density at radius 3 is 2.37 bits per heavy atom. The molecular weight excluding hydrogens is 378 g/mol. The van der Waals surface area contributed by atoms with Crippen LogP contribution in [0.4, 0.5) is 0 Å². The molecular formula is C21H21NO3S2. The first-order valence-electron chi connectivity index (χ1n) is 8.58. The molecule has 0 unspecified atom stereocenters. The molecule has 2 aromatic rings. The molecule has 0 saturated carbocycles. The molecule has 0 radical (unpaired) electrons. The second-order valence-electron chi connectivity index (χ2n) is 6.26. The quantitative estimate of drug-likeness (QED) is 0.403. The second kappa shape index (κ2) is 8.59. The molecule has 1 heterocycles. The fourth-order valence-corrected chi connectivity index (χ4v) is 3.69. The SMILES string of the molecule is Cc1ccc(OCCOc2cccc(/C=C3\SC(=S)N(C)C3=O)c2)cc1C. The van der Waals surface area contributed by atoms with Crippen LogP contribution >= 0.6 is 24.0 Å². The predicted octanol–water partition coefficient (Wildman–Crippen LogP) is 4.59. The molecule has 0 atom stereocenters. The number of thioether (sulfide) groups is 1. The van der Waals surface area contributed by atoms with Crippen molar-refractivity contribution < 1.29 is 14.3 Å². The number of amides is 1. The van der Waals surface area contributed by atoms with Gasteiger partial charge in [-0.1, -0.05) is 42.2 Å². The Kier molecular flexibility index (Phi) is 6.19. The lowest BCUT2D eigenvalue weighted by Gasteiger charge is -2.10. The summed E-state index contributed by atoms with van der Waals surface area (Å²) < 4.78 is 12.1. The standard InChI is InChI=1S/C21H21NO3S2/c1-14-7-8-18(11-15(14)2)25-10-9-24-17-6-4-5-16(12-17)13-19-20(23)22(3)21(26)27-19/h4-8,11-13H,9-10H2,1-3H3/b19-13-. The maximum absolute atomic E-state index is 12.1. The number of thiocarbonyl (C=S) groups is 1. The zero-order valence-corrected chi connectivity index (χ0v) is 17.2. The monoisotopic (exact) mass is 399 g/mol. The summed E-state index contributed by atoms with van der Waals surface area (Å²) in [4.78, 5) is 14.2. The largest absolute Gasteiger partial charge is 0.490 e. The predicted molar refractivity (Wildman–Crippen MR) is 114 cm³/mol. The zero-order valence-electron chi connectivity index (χ0n) is 15.5. The van der Waals surface area contributed by atoms with E-state index in [1.807, 2.05) is 48.5 Å². The van der Waals surface area contributed by atoms with Crippen molar-refractivity contribution in [1.82, 2.24) is 4.90 Å². The van der Waals surface area contributed by atoms with E-state index in [-0.39, 0.29) is 5.91 Å². The minimum absolute atomic E-state index is 0.0712. The lowest BCUT2D eigenvalue weighted by Crippen LogP contribution is -2.22. The van der Waals surface area contributed by atoms with Crippen molar-refractivity contribution in [1.29, 1.82) is 0 Å². The Morgan fingerprint density at radius 2 is 1.74 bits per heavy atom. The summed E-state index contributed by atoms with van der Waals surface area (Å²) in [5.41, 5.74) is 3.35. The van der Waals surface area contributed by atoms with E-state index in [0.717, 1.165) is 17.1 Å². The maximum atomic E-state index is 12.1. The van der Waals surface area contributed by atoms with Gasteiger partial charge in [-0.15, -0.1) is 0 Å². The molecule has 0 bridgehead atoms. The minimum atomic E-state index is -0.0712. The van der Waals surface area contributed by atoms with Gasteiger partial charge in [-0.05, 0) is 60.9 Å². The van der Waals surface area contributed by atoms with Gasteiger partial charge in [0.2, 0.25) is 0 Å². The van der Waals surface area contributed by atoms with Gasteiger partial charge >= 0.3 is 0 Å². The van der Waals surface area contributed by atoms with Crippen molar-refractivity contribution in [3.05, 3.63) is 64.1 Å². The molecule has 1 aliphatic heterocycles. The number of rotatable bonds is 6. The highest BCUT2D eigenvalue weighted by molar-refractivity contribution is 8.26. The molecule has 0 aliphatic carbocycles. The van der Waals surface area contributed by atoms with Crippen molar-refractivity contribution >= 4 is 40.3 Å². The highest BCUT2D eigenvalue weighted by Crippen LogP contribution is 2.31. The van der Waals surface area contributed by atoms with Crippen LogP contribution in [-0.2, 0) is 4.79 Å². The number of benzene rings is 2. The smallest absolute Gasteiger partial charge is 0.265 e. The van der Waals surface area contributed by atoms with Crippen molar-refractivity contribution in [3.8, 4) is 11.5 Å². The first-order valence-corrected chi connectivity index (χ1v) is 9.81. The van der Waals surface area contributed by atoms with E-state index in [1.54, 1.807) is 7.05 Å². The van der Waals surface area contributed by atoms with Gasteiger partial charge < -0.3 is 9.47 Å². The molecule has 3 rings (SSSR count). The molecule has 1 amide bonds. The van der Waals surface area contributed by atoms with Crippen LogP contribution in [-0.4, -0.2) is 35.4 Å². The normalized spacial score (nSPS) is 15.5. The highest BCUT2D eigenvalue weighted by Gasteiger charge is 2.28. The first kappa shape index (κ1) is 19.5. The zero-order chi connectivity index (χ0) is 19.4. The van der Waals surface area contributed by atoms with Crippen LogP contribution in [0.15, 0.2) is 47.4 Å². The van der Waals surface area contributed by atoms with Gasteiger partial charge in [0.05, 0.1) is 4.91 Å². The van der Waals surface area contributed by atoms with Gasteiger partial charge in [0.1, 0.15) is 29.0 Å². The van der Waals surface area contributed by atoms with E-state index in [2.05, 4.69) is 13.8 Å². The molecule has 2 aromatic carbocycles. The van der Waals surface area contributed by atoms with E-state index in [9.17, 15) is 4.79 Å². The molecule has 1 saturated heterocycles. The number of hydrogen-bond donors (Lipinski definition) is 0. The van der Waals surface area contributed by atoms with Gasteiger partial charge in [-0.2, -0.15) is 0 Å². The Hall–Kier alpha value is -2.31. The number of carbonyl (C=O) groups excluding carboxylic acids is 1. The van der Waals surface area contributed by atoms with Gasteiger partial charge in [0, 0.05) is 7.05 Å². The molecule has 0 spiro atoms. The van der Waals surface area contributed by atoms with Crippen LogP contribution in [0.2, 0.25) is 0 Å². The topological polar surface area (TPSA) is 38.8 Å². The van der Waals surface area contributed by atoms with Crippen molar-refractivity contribution in [2.75, 3.05) is 20.3 Å². The van der Waals surface area contributed by atoms with Crippen LogP contribution in [0.1, 0.15) is 16.7 Å². The summed E-state index contributed by atoms with van der Waals surface area (Å²) in [5, 5.41) is 0. The molecule has 1 fully saturated rings. The third-order valence-corrected chi connectivity index (χ3v) is 5.73. The van der Waals surface area contributed by atoms with Crippen molar-refractivity contribution in [3.63, 3.8) is 0 Å². The molecule has 1 aliphatic rings. The lowest BCUT2D eigenvalue weighted by atomic mass is 10.1. The second-order valence-corrected chi connectivity index (χ2v) is 7.93. The summed E-state index contributed by atoms with van der Waals surface area (Å²) in [6.07, 6.45) is 1.83. The van der Waals surface area contributed by atoms with Crippen LogP contribution in [0.25, 0.3) is 6.08 Å². The molecule has 0 N–H and O–H groups in total. The molecule has 4 nitrogen and oxygen atoms in total. The summed E-state index contributed by atoms with van der Waals surface area (Å²) in [5.74, 6) is 1.51. The van der Waals surface area contributed by atoms with Crippen LogP contribution in [0, 0.1) is 13.8 Å². The van der Waals surface area contributed by atoms with Crippen LogP contribution in [0.5, 0.6) is 11.5 Å². The van der Waals surface area contributed by atoms with Gasteiger partial charge in [0.25, 0.3) is 5.91 Å². The number of nitrogens with zero attached hydrogens (tertiary/aromatic N) is 1. The minimum Gasteiger partial charge on any atom is -0.490 e. The first-order chi connectivity index (χ1) is 12.9. The molecule has 27 heavy (non-hydrogen) atoms. The average molecular weight is 400 g/mol. The Balaban J connectivity index is 1.56. The van der Waals surface area contributed by atoms with Crippen molar-refractivity contribution in [2.24, 2.45) is 0 Å². The van der Waals surface area contributed by atoms with E-state index in [4.69, 9.17) is 21.7 Å². The summed E-state index contributed by atoms with van der Waals surface area (Å²) >= 11 is 6.46. The van der Waals surface area contributed by atoms with Gasteiger partial charge in [-0.3, -0.25) is 9.69 Å². The van der Waals surface area contributed by atoms with E-state index in [1.165, 1.54) is 27.8 Å². The van der Waals surface area contributed by atoms with Gasteiger partial charge in [0.15, 0.2) is 0 Å². The summed E-state index contributed by atoms with van der Waals surface area (Å²) in [6, 6.07) is 13.7. The fourth-order valence-electron chi connectivity index (χ4n) is 2.51. The number of carbonyl (C=O) groups is 1. The fraction of sp³-hybridized carbons (Fsp3) is 0.238. The number of hydrogen-bond acceptors (Lipinski definition) is 5. The lowest BCUT2D eigenvalue weighted by molar-refractivity contribution is -0.121. The van der Waals surface area contributed by atoms with Crippen LogP contribution in [0.3, 0.4) is 0 Å². The number of ether oxygens (including phenoxy) is 2.